The van der Waals surface area contributed by atoms with Crippen LogP contribution in [0.15, 0.2) is 84.9 Å². The van der Waals surface area contributed by atoms with Crippen LogP contribution in [0.2, 0.25) is 0 Å². The van der Waals surface area contributed by atoms with Gasteiger partial charge in [-0.25, -0.2) is 4.39 Å². The first-order valence-electron chi connectivity index (χ1n) is 7.25. The predicted molar refractivity (Wildman–Crippen MR) is 88.7 cm³/mol. The van der Waals surface area contributed by atoms with Gasteiger partial charge < -0.3 is 4.57 Å². The Hall–Kier alpha value is -2.87. The van der Waals surface area contributed by atoms with E-state index in [1.807, 2.05) is 54.6 Å². The number of halogens is 1. The van der Waals surface area contributed by atoms with Crippen LogP contribution in [0.4, 0.5) is 4.39 Å². The molecule has 0 aliphatic rings. The summed E-state index contributed by atoms with van der Waals surface area (Å²) in [6.07, 6.45) is 0. The van der Waals surface area contributed by atoms with Gasteiger partial charge in [0.2, 0.25) is 0 Å². The second-order valence-corrected chi connectivity index (χ2v) is 5.27. The van der Waals surface area contributed by atoms with Gasteiger partial charge in [0, 0.05) is 11.1 Å². The number of nitrogens with zero attached hydrogens (tertiary/aromatic N) is 1. The second-order valence-electron chi connectivity index (χ2n) is 5.27. The Morgan fingerprint density at radius 2 is 1.36 bits per heavy atom. The third-order valence-corrected chi connectivity index (χ3v) is 3.85. The standard InChI is InChI=1S/C20H14FN/c21-17-12-11-16-13-19(15-7-3-1-4-8-15)22(20(16)14-17)18-9-5-2-6-10-18/h1-14H. The molecule has 0 atom stereocenters. The van der Waals surface area contributed by atoms with E-state index in [0.717, 1.165) is 27.8 Å². The molecule has 4 rings (SSSR count). The van der Waals surface area contributed by atoms with E-state index in [1.54, 1.807) is 6.07 Å². The number of fused-ring (bicyclic) bond motifs is 1. The lowest BCUT2D eigenvalue weighted by atomic mass is 10.1. The molecule has 1 heterocycles. The number of benzene rings is 3. The molecule has 0 radical (unpaired) electrons. The van der Waals surface area contributed by atoms with Crippen LogP contribution in [0, 0.1) is 5.82 Å². The first-order chi connectivity index (χ1) is 10.8. The number of hydrogen-bond donors (Lipinski definition) is 0. The summed E-state index contributed by atoms with van der Waals surface area (Å²) in [7, 11) is 0. The molecule has 1 aromatic heterocycles. The Labute approximate surface area is 128 Å². The van der Waals surface area contributed by atoms with Crippen molar-refractivity contribution >= 4 is 10.9 Å². The maximum Gasteiger partial charge on any atom is 0.125 e. The molecule has 22 heavy (non-hydrogen) atoms. The van der Waals surface area contributed by atoms with E-state index in [2.05, 4.69) is 22.8 Å². The fraction of sp³-hybridized carbons (Fsp3) is 0. The van der Waals surface area contributed by atoms with E-state index >= 15 is 0 Å². The summed E-state index contributed by atoms with van der Waals surface area (Å²) in [5, 5.41) is 1.03. The van der Waals surface area contributed by atoms with E-state index in [1.165, 1.54) is 6.07 Å². The average Bonchev–Trinajstić information content (AvgIpc) is 2.95. The van der Waals surface area contributed by atoms with Gasteiger partial charge in [-0.1, -0.05) is 48.5 Å². The second kappa shape index (κ2) is 5.15. The lowest BCUT2D eigenvalue weighted by Crippen LogP contribution is -1.96. The molecule has 2 heteroatoms. The third kappa shape index (κ3) is 2.09. The topological polar surface area (TPSA) is 4.93 Å². The molecule has 4 aromatic rings. The summed E-state index contributed by atoms with van der Waals surface area (Å²) in [4.78, 5) is 0. The highest BCUT2D eigenvalue weighted by atomic mass is 19.1. The molecule has 0 fully saturated rings. The maximum absolute atomic E-state index is 13.7. The molecule has 3 aromatic carbocycles. The van der Waals surface area contributed by atoms with Crippen LogP contribution in [0.3, 0.4) is 0 Å². The quantitative estimate of drug-likeness (QED) is 0.463. The number of aromatic nitrogens is 1. The molecular weight excluding hydrogens is 273 g/mol. The number of para-hydroxylation sites is 1. The average molecular weight is 287 g/mol. The van der Waals surface area contributed by atoms with E-state index in [4.69, 9.17) is 0 Å². The summed E-state index contributed by atoms with van der Waals surface area (Å²) in [5.41, 5.74) is 4.09. The number of rotatable bonds is 2. The van der Waals surface area contributed by atoms with Gasteiger partial charge in [-0.15, -0.1) is 0 Å². The molecule has 0 N–H and O–H groups in total. The largest absolute Gasteiger partial charge is 0.309 e. The Bertz CT molecular complexity index is 924. The van der Waals surface area contributed by atoms with E-state index in [0.29, 0.717) is 0 Å². The monoisotopic (exact) mass is 287 g/mol. The van der Waals surface area contributed by atoms with Crippen molar-refractivity contribution in [1.29, 1.82) is 0 Å². The van der Waals surface area contributed by atoms with Crippen molar-refractivity contribution in [3.8, 4) is 16.9 Å². The maximum atomic E-state index is 13.7. The fourth-order valence-electron chi connectivity index (χ4n) is 2.85. The van der Waals surface area contributed by atoms with Crippen molar-refractivity contribution in [2.75, 3.05) is 0 Å². The minimum Gasteiger partial charge on any atom is -0.309 e. The highest BCUT2D eigenvalue weighted by molar-refractivity contribution is 5.89. The summed E-state index contributed by atoms with van der Waals surface area (Å²) >= 11 is 0. The summed E-state index contributed by atoms with van der Waals surface area (Å²) in [5.74, 6) is -0.220. The van der Waals surface area contributed by atoms with Crippen LogP contribution in [-0.4, -0.2) is 4.57 Å². The summed E-state index contributed by atoms with van der Waals surface area (Å²) < 4.78 is 15.8. The van der Waals surface area contributed by atoms with Gasteiger partial charge in [0.15, 0.2) is 0 Å². The van der Waals surface area contributed by atoms with Crippen LogP contribution in [0.1, 0.15) is 0 Å². The zero-order valence-corrected chi connectivity index (χ0v) is 11.9. The molecule has 0 unspecified atom stereocenters. The number of hydrogen-bond acceptors (Lipinski definition) is 0. The molecule has 0 spiro atoms. The Morgan fingerprint density at radius 1 is 0.682 bits per heavy atom. The Kier molecular flexibility index (Phi) is 3.01. The van der Waals surface area contributed by atoms with Gasteiger partial charge in [-0.3, -0.25) is 0 Å². The van der Waals surface area contributed by atoms with Crippen LogP contribution < -0.4 is 0 Å². The zero-order valence-electron chi connectivity index (χ0n) is 11.9. The molecule has 1 nitrogen and oxygen atoms in total. The lowest BCUT2D eigenvalue weighted by Gasteiger charge is -2.11. The normalized spacial score (nSPS) is 11.0. The predicted octanol–water partition coefficient (Wildman–Crippen LogP) is 5.44. The minimum atomic E-state index is -0.220. The van der Waals surface area contributed by atoms with Gasteiger partial charge in [-0.2, -0.15) is 0 Å². The highest BCUT2D eigenvalue weighted by Gasteiger charge is 2.12. The van der Waals surface area contributed by atoms with E-state index < -0.39 is 0 Å². The van der Waals surface area contributed by atoms with Crippen LogP contribution in [0.25, 0.3) is 27.8 Å². The molecule has 0 aliphatic heterocycles. The van der Waals surface area contributed by atoms with Crippen molar-refractivity contribution in [3.63, 3.8) is 0 Å². The van der Waals surface area contributed by atoms with Crippen LogP contribution in [-0.2, 0) is 0 Å². The van der Waals surface area contributed by atoms with Crippen molar-refractivity contribution in [2.24, 2.45) is 0 Å². The van der Waals surface area contributed by atoms with Crippen LogP contribution >= 0.6 is 0 Å². The fourth-order valence-corrected chi connectivity index (χ4v) is 2.85. The minimum absolute atomic E-state index is 0.220. The van der Waals surface area contributed by atoms with Gasteiger partial charge in [-0.05, 0) is 42.0 Å². The van der Waals surface area contributed by atoms with E-state index in [-0.39, 0.29) is 5.82 Å². The van der Waals surface area contributed by atoms with Crippen molar-refractivity contribution in [2.45, 2.75) is 0 Å². The molecule has 0 bridgehead atoms. The first kappa shape index (κ1) is 12.8. The van der Waals surface area contributed by atoms with Crippen LogP contribution in [0.5, 0.6) is 0 Å². The molecule has 0 saturated heterocycles. The smallest absolute Gasteiger partial charge is 0.125 e. The molecule has 0 saturated carbocycles. The molecule has 0 aliphatic carbocycles. The van der Waals surface area contributed by atoms with Gasteiger partial charge in [0.25, 0.3) is 0 Å². The van der Waals surface area contributed by atoms with Gasteiger partial charge in [0.05, 0.1) is 11.2 Å². The molecule has 106 valence electrons. The molecular formula is C20H14FN. The highest BCUT2D eigenvalue weighted by Crippen LogP contribution is 2.31. The summed E-state index contributed by atoms with van der Waals surface area (Å²) in [6, 6.07) is 27.3. The summed E-state index contributed by atoms with van der Waals surface area (Å²) in [6.45, 7) is 0. The SMILES string of the molecule is Fc1ccc2cc(-c3ccccc3)n(-c3ccccc3)c2c1. The van der Waals surface area contributed by atoms with Gasteiger partial charge in [0.1, 0.15) is 5.82 Å². The van der Waals surface area contributed by atoms with Crippen molar-refractivity contribution in [3.05, 3.63) is 90.7 Å². The molecule has 0 amide bonds. The van der Waals surface area contributed by atoms with Gasteiger partial charge >= 0.3 is 0 Å². The Morgan fingerprint density at radius 3 is 2.09 bits per heavy atom. The zero-order chi connectivity index (χ0) is 14.9. The van der Waals surface area contributed by atoms with Crippen molar-refractivity contribution < 1.29 is 4.39 Å². The lowest BCUT2D eigenvalue weighted by molar-refractivity contribution is 0.629. The third-order valence-electron chi connectivity index (χ3n) is 3.85. The van der Waals surface area contributed by atoms with E-state index in [9.17, 15) is 4.39 Å². The van der Waals surface area contributed by atoms with Crippen molar-refractivity contribution in [1.82, 2.24) is 4.57 Å². The first-order valence-corrected chi connectivity index (χ1v) is 7.25. The Balaban J connectivity index is 2.08.